The van der Waals surface area contributed by atoms with Crippen molar-refractivity contribution in [3.05, 3.63) is 86.3 Å². The van der Waals surface area contributed by atoms with Crippen LogP contribution in [0.2, 0.25) is 0 Å². The molecule has 3 N–H and O–H groups in total. The Morgan fingerprint density at radius 3 is 2.54 bits per heavy atom. The lowest BCUT2D eigenvalue weighted by Crippen LogP contribution is -2.31. The number of benzene rings is 1. The Hall–Kier alpha value is -3.48. The second-order valence-corrected chi connectivity index (χ2v) is 5.81. The molecule has 0 aliphatic heterocycles. The fraction of sp³-hybridized carbons (Fsp3) is 0.158. The molecular weight excluding hydrogens is 332 g/mol. The summed E-state index contributed by atoms with van der Waals surface area (Å²) in [6.45, 7) is 1.96. The van der Waals surface area contributed by atoms with Gasteiger partial charge in [-0.05, 0) is 24.6 Å². The van der Waals surface area contributed by atoms with Gasteiger partial charge in [0.2, 0.25) is 0 Å². The Morgan fingerprint density at radius 2 is 1.85 bits per heavy atom. The van der Waals surface area contributed by atoms with Crippen molar-refractivity contribution in [2.24, 2.45) is 0 Å². The number of carbonyl (C=O) groups is 1. The van der Waals surface area contributed by atoms with Crippen LogP contribution in [0.4, 0.5) is 0 Å². The van der Waals surface area contributed by atoms with Gasteiger partial charge < -0.3 is 15.3 Å². The monoisotopic (exact) mass is 350 g/mol. The summed E-state index contributed by atoms with van der Waals surface area (Å²) < 4.78 is 0. The molecule has 0 saturated heterocycles. The molecule has 3 aromatic rings. The number of hydrogen-bond donors (Lipinski definition) is 3. The van der Waals surface area contributed by atoms with Crippen LogP contribution in [0.5, 0.6) is 0 Å². The van der Waals surface area contributed by atoms with Gasteiger partial charge in [0, 0.05) is 30.4 Å². The van der Waals surface area contributed by atoms with Crippen molar-refractivity contribution >= 4 is 5.91 Å². The van der Waals surface area contributed by atoms with E-state index >= 15 is 0 Å². The zero-order chi connectivity index (χ0) is 18.5. The number of aryl methyl sites for hydroxylation is 1. The summed E-state index contributed by atoms with van der Waals surface area (Å²) in [6.07, 6.45) is 0.399. The van der Waals surface area contributed by atoms with Gasteiger partial charge in [0.05, 0.1) is 0 Å². The van der Waals surface area contributed by atoms with Gasteiger partial charge in [-0.25, -0.2) is 4.98 Å². The van der Waals surface area contributed by atoms with Crippen LogP contribution in [0.3, 0.4) is 0 Å². The summed E-state index contributed by atoms with van der Waals surface area (Å²) >= 11 is 0. The fourth-order valence-electron chi connectivity index (χ4n) is 2.61. The Balaban J connectivity index is 1.66. The SMILES string of the molecule is Cc1nc(CCNC(=O)c2ccc(-c3ccccc3)[nH]c2=O)cc(=O)[nH]1. The van der Waals surface area contributed by atoms with E-state index in [1.54, 1.807) is 13.0 Å². The highest BCUT2D eigenvalue weighted by Crippen LogP contribution is 2.14. The van der Waals surface area contributed by atoms with Gasteiger partial charge in [0.15, 0.2) is 0 Å². The first-order chi connectivity index (χ1) is 12.5. The van der Waals surface area contributed by atoms with E-state index in [1.165, 1.54) is 12.1 Å². The maximum atomic E-state index is 12.2. The van der Waals surface area contributed by atoms with E-state index in [1.807, 2.05) is 30.3 Å². The van der Waals surface area contributed by atoms with Crippen LogP contribution < -0.4 is 16.4 Å². The van der Waals surface area contributed by atoms with Crippen LogP contribution in [0, 0.1) is 6.92 Å². The highest BCUT2D eigenvalue weighted by atomic mass is 16.2. The number of pyridine rings is 1. The van der Waals surface area contributed by atoms with Gasteiger partial charge in [-0.2, -0.15) is 0 Å². The standard InChI is InChI=1S/C19H18N4O3/c1-12-21-14(11-17(24)22-12)9-10-20-18(25)15-7-8-16(23-19(15)26)13-5-3-2-4-6-13/h2-8,11H,9-10H2,1H3,(H,20,25)(H,23,26)(H,21,22,24). The molecule has 3 rings (SSSR count). The van der Waals surface area contributed by atoms with Crippen molar-refractivity contribution in [1.82, 2.24) is 20.3 Å². The molecule has 0 aliphatic carbocycles. The molecule has 0 aliphatic rings. The highest BCUT2D eigenvalue weighted by Gasteiger charge is 2.11. The molecule has 0 atom stereocenters. The second kappa shape index (κ2) is 7.60. The quantitative estimate of drug-likeness (QED) is 0.646. The molecule has 7 heteroatoms. The van der Waals surface area contributed by atoms with Crippen molar-refractivity contribution in [3.63, 3.8) is 0 Å². The van der Waals surface area contributed by atoms with Crippen molar-refractivity contribution in [3.8, 4) is 11.3 Å². The number of nitrogens with one attached hydrogen (secondary N) is 3. The first-order valence-electron chi connectivity index (χ1n) is 8.17. The molecular formula is C19H18N4O3. The zero-order valence-corrected chi connectivity index (χ0v) is 14.2. The van der Waals surface area contributed by atoms with Crippen LogP contribution in [0.15, 0.2) is 58.1 Å². The van der Waals surface area contributed by atoms with Gasteiger partial charge in [-0.15, -0.1) is 0 Å². The van der Waals surface area contributed by atoms with Gasteiger partial charge >= 0.3 is 0 Å². The topological polar surface area (TPSA) is 108 Å². The van der Waals surface area contributed by atoms with Crippen molar-refractivity contribution in [2.45, 2.75) is 13.3 Å². The number of amides is 1. The molecule has 7 nitrogen and oxygen atoms in total. The maximum absolute atomic E-state index is 12.2. The van der Waals surface area contributed by atoms with Crippen LogP contribution in [0.25, 0.3) is 11.3 Å². The van der Waals surface area contributed by atoms with E-state index in [9.17, 15) is 14.4 Å². The Labute approximate surface area is 149 Å². The van der Waals surface area contributed by atoms with Crippen LogP contribution in [-0.4, -0.2) is 27.4 Å². The Bertz CT molecular complexity index is 1040. The third kappa shape index (κ3) is 4.13. The molecule has 0 spiro atoms. The minimum absolute atomic E-state index is 0.0414. The number of nitrogens with zero attached hydrogens (tertiary/aromatic N) is 1. The van der Waals surface area contributed by atoms with E-state index in [0.717, 1.165) is 5.56 Å². The van der Waals surface area contributed by atoms with E-state index < -0.39 is 11.5 Å². The molecule has 1 aromatic carbocycles. The molecule has 0 saturated carbocycles. The summed E-state index contributed by atoms with van der Waals surface area (Å²) in [6, 6.07) is 14.0. The van der Waals surface area contributed by atoms with E-state index in [4.69, 9.17) is 0 Å². The highest BCUT2D eigenvalue weighted by molar-refractivity contribution is 5.94. The largest absolute Gasteiger partial charge is 0.351 e. The Kier molecular flexibility index (Phi) is 5.07. The molecule has 0 unspecified atom stereocenters. The molecule has 2 heterocycles. The van der Waals surface area contributed by atoms with Gasteiger partial charge in [-0.1, -0.05) is 30.3 Å². The Morgan fingerprint density at radius 1 is 1.08 bits per heavy atom. The number of aromatic amines is 2. The first kappa shape index (κ1) is 17.3. The first-order valence-corrected chi connectivity index (χ1v) is 8.17. The van der Waals surface area contributed by atoms with E-state index in [2.05, 4.69) is 20.3 Å². The smallest absolute Gasteiger partial charge is 0.261 e. The third-order valence-corrected chi connectivity index (χ3v) is 3.82. The summed E-state index contributed by atoms with van der Waals surface area (Å²) in [7, 11) is 0. The number of carbonyl (C=O) groups excluding carboxylic acids is 1. The summed E-state index contributed by atoms with van der Waals surface area (Å²) in [4.78, 5) is 45.3. The minimum Gasteiger partial charge on any atom is -0.351 e. The fourth-order valence-corrected chi connectivity index (χ4v) is 2.61. The van der Waals surface area contributed by atoms with Crippen molar-refractivity contribution in [2.75, 3.05) is 6.54 Å². The van der Waals surface area contributed by atoms with Gasteiger partial charge in [0.25, 0.3) is 17.0 Å². The lowest BCUT2D eigenvalue weighted by molar-refractivity contribution is 0.0952. The number of H-pyrrole nitrogens is 2. The zero-order valence-electron chi connectivity index (χ0n) is 14.2. The summed E-state index contributed by atoms with van der Waals surface area (Å²) in [5.74, 6) is 0.0548. The van der Waals surface area contributed by atoms with E-state index in [0.29, 0.717) is 23.6 Å². The molecule has 2 aromatic heterocycles. The van der Waals surface area contributed by atoms with E-state index in [-0.39, 0.29) is 17.7 Å². The van der Waals surface area contributed by atoms with Crippen LogP contribution in [-0.2, 0) is 6.42 Å². The summed E-state index contributed by atoms with van der Waals surface area (Å²) in [5, 5.41) is 2.68. The normalized spacial score (nSPS) is 10.5. The number of rotatable bonds is 5. The minimum atomic E-state index is -0.465. The second-order valence-electron chi connectivity index (χ2n) is 5.81. The predicted octanol–water partition coefficient (Wildman–Crippen LogP) is 1.41. The molecule has 26 heavy (non-hydrogen) atoms. The lowest BCUT2D eigenvalue weighted by atomic mass is 10.1. The predicted molar refractivity (Wildman–Crippen MR) is 98.1 cm³/mol. The van der Waals surface area contributed by atoms with Gasteiger partial charge in [0.1, 0.15) is 11.4 Å². The molecule has 0 fully saturated rings. The third-order valence-electron chi connectivity index (χ3n) is 3.82. The molecule has 1 amide bonds. The number of aromatic nitrogens is 3. The average Bonchev–Trinajstić information content (AvgIpc) is 2.61. The molecule has 0 bridgehead atoms. The molecule has 0 radical (unpaired) electrons. The molecule has 132 valence electrons. The summed E-state index contributed by atoms with van der Waals surface area (Å²) in [5.41, 5.74) is 1.46. The lowest BCUT2D eigenvalue weighted by Gasteiger charge is -2.06. The average molecular weight is 350 g/mol. The van der Waals surface area contributed by atoms with Crippen LogP contribution >= 0.6 is 0 Å². The number of hydrogen-bond acceptors (Lipinski definition) is 4. The van der Waals surface area contributed by atoms with Crippen molar-refractivity contribution < 1.29 is 4.79 Å². The van der Waals surface area contributed by atoms with Crippen LogP contribution in [0.1, 0.15) is 21.9 Å². The maximum Gasteiger partial charge on any atom is 0.261 e. The van der Waals surface area contributed by atoms with Gasteiger partial charge in [-0.3, -0.25) is 14.4 Å². The van der Waals surface area contributed by atoms with Crippen molar-refractivity contribution in [1.29, 1.82) is 0 Å².